The lowest BCUT2D eigenvalue weighted by molar-refractivity contribution is -0.143. The highest BCUT2D eigenvalue weighted by Gasteiger charge is 2.39. The van der Waals surface area contributed by atoms with Gasteiger partial charge in [0.05, 0.1) is 4.90 Å². The van der Waals surface area contributed by atoms with Crippen LogP contribution in [-0.2, 0) is 14.8 Å². The van der Waals surface area contributed by atoms with Crippen molar-refractivity contribution in [2.75, 3.05) is 19.6 Å². The lowest BCUT2D eigenvalue weighted by Gasteiger charge is -2.46. The molecular formula is C21H29FN2O3S. The van der Waals surface area contributed by atoms with Gasteiger partial charge in [0.15, 0.2) is 0 Å². The Morgan fingerprint density at radius 2 is 1.54 bits per heavy atom. The summed E-state index contributed by atoms with van der Waals surface area (Å²) in [6.07, 6.45) is 8.30. The average Bonchev–Trinajstić information content (AvgIpc) is 2.73. The highest BCUT2D eigenvalue weighted by Crippen LogP contribution is 2.37. The van der Waals surface area contributed by atoms with Crippen molar-refractivity contribution in [1.82, 2.24) is 9.21 Å². The molecule has 3 fully saturated rings. The van der Waals surface area contributed by atoms with E-state index in [4.69, 9.17) is 0 Å². The van der Waals surface area contributed by atoms with Crippen LogP contribution in [0.25, 0.3) is 0 Å². The van der Waals surface area contributed by atoms with E-state index in [9.17, 15) is 17.6 Å². The van der Waals surface area contributed by atoms with Crippen molar-refractivity contribution in [3.8, 4) is 0 Å². The van der Waals surface area contributed by atoms with Gasteiger partial charge in [0, 0.05) is 31.6 Å². The maximum Gasteiger partial charge on any atom is 0.243 e. The van der Waals surface area contributed by atoms with Crippen molar-refractivity contribution >= 4 is 15.9 Å². The second-order valence-corrected chi connectivity index (χ2v) is 10.4. The largest absolute Gasteiger partial charge is 0.339 e. The van der Waals surface area contributed by atoms with E-state index in [0.29, 0.717) is 37.9 Å². The second-order valence-electron chi connectivity index (χ2n) is 8.42. The quantitative estimate of drug-likeness (QED) is 0.770. The number of fused-ring (bicyclic) bond motifs is 1. The van der Waals surface area contributed by atoms with E-state index < -0.39 is 15.8 Å². The summed E-state index contributed by atoms with van der Waals surface area (Å²) in [5, 5.41) is 0. The Labute approximate surface area is 166 Å². The molecule has 0 bridgehead atoms. The molecule has 0 N–H and O–H groups in total. The van der Waals surface area contributed by atoms with Crippen LogP contribution in [0.3, 0.4) is 0 Å². The Morgan fingerprint density at radius 1 is 0.893 bits per heavy atom. The van der Waals surface area contributed by atoms with E-state index in [1.54, 1.807) is 0 Å². The van der Waals surface area contributed by atoms with Crippen LogP contribution in [0.1, 0.15) is 51.4 Å². The Morgan fingerprint density at radius 3 is 2.25 bits per heavy atom. The van der Waals surface area contributed by atoms with Gasteiger partial charge in [0.25, 0.3) is 0 Å². The molecule has 5 nitrogen and oxygen atoms in total. The number of nitrogens with zero attached hydrogens (tertiary/aromatic N) is 2. The molecule has 4 rings (SSSR count). The number of rotatable bonds is 3. The first-order valence-electron chi connectivity index (χ1n) is 10.5. The molecule has 154 valence electrons. The average molecular weight is 409 g/mol. The molecule has 1 aliphatic carbocycles. The predicted molar refractivity (Wildman–Crippen MR) is 105 cm³/mol. The van der Waals surface area contributed by atoms with Gasteiger partial charge in [-0.3, -0.25) is 4.79 Å². The van der Waals surface area contributed by atoms with Crippen molar-refractivity contribution in [2.24, 2.45) is 11.8 Å². The molecule has 2 saturated heterocycles. The minimum absolute atomic E-state index is 0.0830. The number of piperidine rings is 2. The Bertz CT molecular complexity index is 801. The van der Waals surface area contributed by atoms with Gasteiger partial charge in [-0.25, -0.2) is 12.8 Å². The lowest BCUT2D eigenvalue weighted by Crippen LogP contribution is -2.53. The number of carbonyl (C=O) groups excluding carboxylic acids is 1. The summed E-state index contributed by atoms with van der Waals surface area (Å²) < 4.78 is 40.1. The van der Waals surface area contributed by atoms with Crippen LogP contribution in [0.2, 0.25) is 0 Å². The smallest absolute Gasteiger partial charge is 0.243 e. The third-order valence-electron chi connectivity index (χ3n) is 6.78. The van der Waals surface area contributed by atoms with Gasteiger partial charge in [0.1, 0.15) is 5.82 Å². The maximum atomic E-state index is 13.2. The fraction of sp³-hybridized carbons (Fsp3) is 0.667. The molecule has 0 spiro atoms. The lowest BCUT2D eigenvalue weighted by atomic mass is 9.77. The summed E-state index contributed by atoms with van der Waals surface area (Å²) in [6, 6.07) is 5.34. The number of benzene rings is 1. The molecule has 0 radical (unpaired) electrons. The van der Waals surface area contributed by atoms with Crippen molar-refractivity contribution < 1.29 is 17.6 Å². The van der Waals surface area contributed by atoms with Gasteiger partial charge >= 0.3 is 0 Å². The van der Waals surface area contributed by atoms with Crippen molar-refractivity contribution in [2.45, 2.75) is 62.3 Å². The molecule has 28 heavy (non-hydrogen) atoms. The predicted octanol–water partition coefficient (Wildman–Crippen LogP) is 3.41. The molecule has 0 aromatic heterocycles. The minimum Gasteiger partial charge on any atom is -0.339 e. The number of likely N-dealkylation sites (tertiary alicyclic amines) is 1. The van der Waals surface area contributed by atoms with Crippen LogP contribution >= 0.6 is 0 Å². The van der Waals surface area contributed by atoms with E-state index in [-0.39, 0.29) is 16.7 Å². The molecule has 7 heteroatoms. The highest BCUT2D eigenvalue weighted by atomic mass is 32.2. The highest BCUT2D eigenvalue weighted by molar-refractivity contribution is 7.89. The number of sulfonamides is 1. The van der Waals surface area contributed by atoms with Crippen LogP contribution in [0, 0.1) is 17.7 Å². The van der Waals surface area contributed by atoms with E-state index in [0.717, 1.165) is 19.4 Å². The van der Waals surface area contributed by atoms with Crippen LogP contribution in [0.5, 0.6) is 0 Å². The first-order valence-corrected chi connectivity index (χ1v) is 12.0. The summed E-state index contributed by atoms with van der Waals surface area (Å²) in [4.78, 5) is 15.4. The zero-order valence-electron chi connectivity index (χ0n) is 16.2. The van der Waals surface area contributed by atoms with E-state index in [1.165, 1.54) is 54.3 Å². The number of halogens is 1. The number of hydrogen-bond acceptors (Lipinski definition) is 3. The maximum absolute atomic E-state index is 13.2. The monoisotopic (exact) mass is 408 g/mol. The Hall–Kier alpha value is -1.47. The normalized spacial score (nSPS) is 27.4. The van der Waals surface area contributed by atoms with E-state index in [1.807, 2.05) is 0 Å². The molecule has 1 saturated carbocycles. The first-order chi connectivity index (χ1) is 13.5. The van der Waals surface area contributed by atoms with Crippen molar-refractivity contribution in [3.63, 3.8) is 0 Å². The fourth-order valence-corrected chi connectivity index (χ4v) is 6.70. The Balaban J connectivity index is 1.39. The van der Waals surface area contributed by atoms with Gasteiger partial charge in [-0.1, -0.05) is 12.8 Å². The molecule has 2 heterocycles. The zero-order chi connectivity index (χ0) is 19.7. The second kappa shape index (κ2) is 8.11. The van der Waals surface area contributed by atoms with Gasteiger partial charge in [-0.05, 0) is 68.7 Å². The van der Waals surface area contributed by atoms with E-state index >= 15 is 0 Å². The third kappa shape index (κ3) is 3.83. The summed E-state index contributed by atoms with van der Waals surface area (Å²) in [7, 11) is -3.63. The number of hydrogen-bond donors (Lipinski definition) is 0. The summed E-state index contributed by atoms with van der Waals surface area (Å²) >= 11 is 0. The van der Waals surface area contributed by atoms with Gasteiger partial charge in [0.2, 0.25) is 15.9 Å². The molecule has 1 aromatic carbocycles. The fourth-order valence-electron chi connectivity index (χ4n) is 5.23. The van der Waals surface area contributed by atoms with E-state index in [2.05, 4.69) is 4.90 Å². The number of amides is 1. The molecule has 2 atom stereocenters. The summed E-state index contributed by atoms with van der Waals surface area (Å²) in [5.41, 5.74) is 0. The molecule has 3 aliphatic rings. The van der Waals surface area contributed by atoms with Gasteiger partial charge in [-0.15, -0.1) is 0 Å². The molecule has 1 amide bonds. The van der Waals surface area contributed by atoms with Gasteiger partial charge < -0.3 is 4.90 Å². The molecule has 1 aromatic rings. The zero-order valence-corrected chi connectivity index (χ0v) is 17.0. The van der Waals surface area contributed by atoms with Crippen molar-refractivity contribution in [1.29, 1.82) is 0 Å². The SMILES string of the molecule is O=C(C1CCN(S(=O)(=O)c2ccc(F)cc2)CC1)N1CCC[C@@H]2CCCC[C@@H]21. The van der Waals surface area contributed by atoms with Crippen molar-refractivity contribution in [3.05, 3.63) is 30.1 Å². The first kappa shape index (κ1) is 19.8. The van der Waals surface area contributed by atoms with Gasteiger partial charge in [-0.2, -0.15) is 4.31 Å². The molecule has 2 aliphatic heterocycles. The molecule has 0 unspecified atom stereocenters. The van der Waals surface area contributed by atoms with Crippen LogP contribution in [0.15, 0.2) is 29.2 Å². The topological polar surface area (TPSA) is 57.7 Å². The standard InChI is InChI=1S/C21H29FN2O3S/c22-18-7-9-19(10-8-18)28(26,27)23-14-11-17(12-15-23)21(25)24-13-3-5-16-4-1-2-6-20(16)24/h7-10,16-17,20H,1-6,11-15H2/t16-,20-/m0/s1. The number of carbonyl (C=O) groups is 1. The third-order valence-corrected chi connectivity index (χ3v) is 8.69. The van der Waals surface area contributed by atoms with Crippen LogP contribution in [0.4, 0.5) is 4.39 Å². The molecular weight excluding hydrogens is 379 g/mol. The minimum atomic E-state index is -3.63. The summed E-state index contributed by atoms with van der Waals surface area (Å²) in [6.45, 7) is 1.55. The Kier molecular flexibility index (Phi) is 5.74. The van der Waals surface area contributed by atoms with Crippen LogP contribution < -0.4 is 0 Å². The van der Waals surface area contributed by atoms with Crippen LogP contribution in [-0.4, -0.2) is 49.2 Å². The summed E-state index contributed by atoms with van der Waals surface area (Å²) in [5.74, 6) is 0.354.